The molecule has 3 unspecified atom stereocenters. The maximum absolute atomic E-state index is 12.8. The second-order valence-corrected chi connectivity index (χ2v) is 9.09. The molecule has 0 saturated carbocycles. The summed E-state index contributed by atoms with van der Waals surface area (Å²) in [6.07, 6.45) is -0.711. The third-order valence-electron chi connectivity index (χ3n) is 6.24. The van der Waals surface area contributed by atoms with Crippen molar-refractivity contribution in [2.75, 3.05) is 21.1 Å². The highest BCUT2D eigenvalue weighted by Crippen LogP contribution is 2.32. The first-order valence-corrected chi connectivity index (χ1v) is 11.0. The van der Waals surface area contributed by atoms with Crippen molar-refractivity contribution in [3.63, 3.8) is 0 Å². The van der Waals surface area contributed by atoms with Gasteiger partial charge < -0.3 is 0 Å². The molecule has 0 aromatic carbocycles. The lowest BCUT2D eigenvalue weighted by Gasteiger charge is -2.25. The SMILES string of the molecule is CN1C(=O)CC(n2c(=S)n(C3CC(=O)N(C)C3=O)c(=S)n(C3CC(=O)N(C)C3=O)c2=S)C1=O. The Hall–Kier alpha value is -2.91. The molecule has 3 aliphatic rings. The summed E-state index contributed by atoms with van der Waals surface area (Å²) >= 11 is 16.7. The topological polar surface area (TPSA) is 127 Å². The van der Waals surface area contributed by atoms with E-state index >= 15 is 0 Å². The van der Waals surface area contributed by atoms with E-state index in [2.05, 4.69) is 0 Å². The first kappa shape index (κ1) is 23.3. The Kier molecular flexibility index (Phi) is 5.53. The van der Waals surface area contributed by atoms with Crippen molar-refractivity contribution >= 4 is 72.1 Å². The van der Waals surface area contributed by atoms with Gasteiger partial charge in [0.15, 0.2) is 14.3 Å². The largest absolute Gasteiger partial charge is 0.284 e. The van der Waals surface area contributed by atoms with Gasteiger partial charge in [0.25, 0.3) is 17.7 Å². The fourth-order valence-corrected chi connectivity index (χ4v) is 5.66. The molecule has 0 aliphatic carbocycles. The number of carbonyl (C=O) groups excluding carboxylic acids is 6. The third-order valence-corrected chi connectivity index (χ3v) is 7.42. The zero-order valence-electron chi connectivity index (χ0n) is 17.7. The standard InChI is InChI=1S/C18H18N6O6S3/c1-19-10(25)4-7(13(19)28)22-16(31)23(8-5-11(26)20(2)14(8)29)18(33)24(17(22)32)9-6-12(27)21(3)15(9)30/h7-9H,4-6H2,1-3H3. The zero-order chi connectivity index (χ0) is 24.5. The molecule has 4 heterocycles. The molecule has 0 N–H and O–H groups in total. The molecule has 0 bridgehead atoms. The van der Waals surface area contributed by atoms with Gasteiger partial charge >= 0.3 is 0 Å². The van der Waals surface area contributed by atoms with Gasteiger partial charge in [-0.25, -0.2) is 0 Å². The highest BCUT2D eigenvalue weighted by molar-refractivity contribution is 7.72. The number of amides is 6. The van der Waals surface area contributed by atoms with Crippen LogP contribution in [-0.4, -0.2) is 85.0 Å². The van der Waals surface area contributed by atoms with Gasteiger partial charge in [-0.1, -0.05) is 0 Å². The monoisotopic (exact) mass is 510 g/mol. The molecule has 0 spiro atoms. The van der Waals surface area contributed by atoms with Gasteiger partial charge in [-0.05, 0) is 36.7 Å². The van der Waals surface area contributed by atoms with Gasteiger partial charge in [0.2, 0.25) is 17.7 Å². The molecule has 4 rings (SSSR count). The van der Waals surface area contributed by atoms with E-state index < -0.39 is 53.6 Å². The molecular formula is C18H18N6O6S3. The first-order chi connectivity index (χ1) is 15.4. The highest BCUT2D eigenvalue weighted by Gasteiger charge is 2.44. The predicted molar refractivity (Wildman–Crippen MR) is 117 cm³/mol. The lowest BCUT2D eigenvalue weighted by Crippen LogP contribution is -2.34. The summed E-state index contributed by atoms with van der Waals surface area (Å²) in [5.74, 6) is -3.10. The number of likely N-dealkylation sites (tertiary alicyclic amines) is 3. The maximum atomic E-state index is 12.8. The first-order valence-electron chi connectivity index (χ1n) is 9.79. The maximum Gasteiger partial charge on any atom is 0.252 e. The van der Waals surface area contributed by atoms with E-state index in [1.165, 1.54) is 34.8 Å². The van der Waals surface area contributed by atoms with Crippen molar-refractivity contribution in [1.29, 1.82) is 0 Å². The summed E-state index contributed by atoms with van der Waals surface area (Å²) in [6.45, 7) is 0. The molecule has 3 fully saturated rings. The minimum atomic E-state index is -1.12. The zero-order valence-corrected chi connectivity index (χ0v) is 20.2. The second-order valence-electron chi connectivity index (χ2n) is 7.99. The van der Waals surface area contributed by atoms with Crippen LogP contribution in [0.5, 0.6) is 0 Å². The van der Waals surface area contributed by atoms with Gasteiger partial charge in [0.1, 0.15) is 18.1 Å². The summed E-state index contributed by atoms with van der Waals surface area (Å²) < 4.78 is 3.22. The van der Waals surface area contributed by atoms with E-state index in [0.29, 0.717) is 0 Å². The lowest BCUT2D eigenvalue weighted by molar-refractivity contribution is -0.138. The molecule has 33 heavy (non-hydrogen) atoms. The highest BCUT2D eigenvalue weighted by atomic mass is 32.1. The van der Waals surface area contributed by atoms with Crippen LogP contribution in [0.1, 0.15) is 37.4 Å². The van der Waals surface area contributed by atoms with Gasteiger partial charge in [-0.2, -0.15) is 0 Å². The second kappa shape index (κ2) is 7.85. The summed E-state index contributed by atoms with van der Waals surface area (Å²) in [5, 5.41) is 0. The van der Waals surface area contributed by atoms with Crippen molar-refractivity contribution in [2.24, 2.45) is 0 Å². The fourth-order valence-electron chi connectivity index (χ4n) is 4.21. The number of aromatic nitrogens is 3. The minimum absolute atomic E-state index is 0.130. The van der Waals surface area contributed by atoms with E-state index in [1.54, 1.807) is 0 Å². The molecular weight excluding hydrogens is 492 g/mol. The number of hydrogen-bond acceptors (Lipinski definition) is 9. The van der Waals surface area contributed by atoms with E-state index in [4.69, 9.17) is 36.7 Å². The predicted octanol–water partition coefficient (Wildman–Crippen LogP) is 0.0690. The van der Waals surface area contributed by atoms with Crippen molar-refractivity contribution < 1.29 is 28.8 Å². The molecule has 12 nitrogen and oxygen atoms in total. The summed E-state index contributed by atoms with van der Waals surface area (Å²) in [7, 11) is 3.97. The normalized spacial score (nSPS) is 25.9. The smallest absolute Gasteiger partial charge is 0.252 e. The number of rotatable bonds is 3. The quantitative estimate of drug-likeness (QED) is 0.410. The fraction of sp³-hybridized carbons (Fsp3) is 0.500. The summed E-state index contributed by atoms with van der Waals surface area (Å²) in [6, 6.07) is -3.36. The third kappa shape index (κ3) is 3.25. The molecule has 1 aromatic heterocycles. The van der Waals surface area contributed by atoms with E-state index in [-0.39, 0.29) is 33.6 Å². The van der Waals surface area contributed by atoms with Crippen molar-refractivity contribution in [1.82, 2.24) is 28.4 Å². The number of carbonyl (C=O) groups is 6. The summed E-state index contributed by atoms with van der Waals surface area (Å²) in [5.41, 5.74) is 0. The molecule has 6 amide bonds. The van der Waals surface area contributed by atoms with Crippen molar-refractivity contribution in [3.8, 4) is 0 Å². The van der Waals surface area contributed by atoms with Crippen LogP contribution in [0.4, 0.5) is 0 Å². The van der Waals surface area contributed by atoms with Gasteiger partial charge in [0, 0.05) is 21.1 Å². The van der Waals surface area contributed by atoms with Crippen molar-refractivity contribution in [3.05, 3.63) is 14.3 Å². The molecule has 3 aliphatic heterocycles. The van der Waals surface area contributed by atoms with Crippen molar-refractivity contribution in [2.45, 2.75) is 37.4 Å². The van der Waals surface area contributed by atoms with Crippen LogP contribution in [0.15, 0.2) is 0 Å². The van der Waals surface area contributed by atoms with Crippen LogP contribution in [0, 0.1) is 14.3 Å². The number of nitrogens with zero attached hydrogens (tertiary/aromatic N) is 6. The number of imide groups is 3. The average molecular weight is 511 g/mol. The molecule has 3 saturated heterocycles. The molecule has 15 heteroatoms. The Morgan fingerprint density at radius 3 is 0.879 bits per heavy atom. The summed E-state index contributed by atoms with van der Waals surface area (Å²) in [4.78, 5) is 77.8. The van der Waals surface area contributed by atoms with Crippen LogP contribution >= 0.6 is 36.7 Å². The Balaban J connectivity index is 2.04. The van der Waals surface area contributed by atoms with Crippen LogP contribution in [0.2, 0.25) is 0 Å². The Bertz CT molecular complexity index is 1170. The van der Waals surface area contributed by atoms with E-state index in [0.717, 1.165) is 14.7 Å². The Morgan fingerprint density at radius 2 is 0.727 bits per heavy atom. The van der Waals surface area contributed by atoms with E-state index in [9.17, 15) is 28.8 Å². The Labute approximate surface area is 202 Å². The van der Waals surface area contributed by atoms with E-state index in [1.807, 2.05) is 0 Å². The molecule has 1 aromatic rings. The van der Waals surface area contributed by atoms with Gasteiger partial charge in [-0.3, -0.25) is 57.2 Å². The van der Waals surface area contributed by atoms with Gasteiger partial charge in [0.05, 0.1) is 19.3 Å². The minimum Gasteiger partial charge on any atom is -0.284 e. The van der Waals surface area contributed by atoms with Crippen LogP contribution in [0.3, 0.4) is 0 Å². The number of hydrogen-bond donors (Lipinski definition) is 0. The van der Waals surface area contributed by atoms with Crippen LogP contribution in [0.25, 0.3) is 0 Å². The van der Waals surface area contributed by atoms with Crippen LogP contribution < -0.4 is 0 Å². The average Bonchev–Trinajstić information content (AvgIpc) is 3.26. The van der Waals surface area contributed by atoms with Crippen LogP contribution in [-0.2, 0) is 28.8 Å². The molecule has 174 valence electrons. The Morgan fingerprint density at radius 1 is 0.515 bits per heavy atom. The molecule has 3 atom stereocenters. The van der Waals surface area contributed by atoms with Gasteiger partial charge in [-0.15, -0.1) is 0 Å². The number of likely N-dealkylation sites (N-methyl/N-ethyl adjacent to an activating group) is 3. The molecule has 0 radical (unpaired) electrons. The lowest BCUT2D eigenvalue weighted by atomic mass is 10.2.